The molecular formula is C10H19N3O. The first kappa shape index (κ1) is 11.2. The van der Waals surface area contributed by atoms with Crippen molar-refractivity contribution in [2.24, 2.45) is 0 Å². The van der Waals surface area contributed by atoms with Crippen LogP contribution in [0.5, 0.6) is 0 Å². The van der Waals surface area contributed by atoms with Crippen LogP contribution in [0.15, 0.2) is 12.4 Å². The molecule has 1 N–H and O–H groups in total. The SMILES string of the molecule is CCCn1cc(CN(C)CCO)cn1. The normalized spacial score (nSPS) is 11.1. The van der Waals surface area contributed by atoms with Crippen LogP contribution in [0.1, 0.15) is 18.9 Å². The van der Waals surface area contributed by atoms with Crippen LogP contribution in [0.3, 0.4) is 0 Å². The first-order chi connectivity index (χ1) is 6.76. The Labute approximate surface area is 85.1 Å². The van der Waals surface area contributed by atoms with Crippen LogP contribution in [-0.4, -0.2) is 40.0 Å². The summed E-state index contributed by atoms with van der Waals surface area (Å²) in [4.78, 5) is 2.08. The first-order valence-electron chi connectivity index (χ1n) is 5.07. The Hall–Kier alpha value is -0.870. The smallest absolute Gasteiger partial charge is 0.0558 e. The maximum absolute atomic E-state index is 8.74. The summed E-state index contributed by atoms with van der Waals surface area (Å²) in [5.74, 6) is 0. The molecular weight excluding hydrogens is 178 g/mol. The van der Waals surface area contributed by atoms with Crippen molar-refractivity contribution < 1.29 is 5.11 Å². The molecule has 0 bridgehead atoms. The number of nitrogens with zero attached hydrogens (tertiary/aromatic N) is 3. The number of aliphatic hydroxyl groups excluding tert-OH is 1. The minimum absolute atomic E-state index is 0.208. The monoisotopic (exact) mass is 197 g/mol. The van der Waals surface area contributed by atoms with Crippen LogP contribution >= 0.6 is 0 Å². The predicted molar refractivity (Wildman–Crippen MR) is 55.9 cm³/mol. The van der Waals surface area contributed by atoms with Crippen LogP contribution in [0.25, 0.3) is 0 Å². The van der Waals surface area contributed by atoms with Crippen molar-refractivity contribution in [3.63, 3.8) is 0 Å². The summed E-state index contributed by atoms with van der Waals surface area (Å²) in [6.07, 6.45) is 5.06. The Balaban J connectivity index is 2.42. The number of hydrogen-bond donors (Lipinski definition) is 1. The van der Waals surface area contributed by atoms with Gasteiger partial charge in [-0.25, -0.2) is 0 Å². The van der Waals surface area contributed by atoms with Gasteiger partial charge >= 0.3 is 0 Å². The van der Waals surface area contributed by atoms with Gasteiger partial charge in [0, 0.05) is 31.4 Å². The van der Waals surface area contributed by atoms with Gasteiger partial charge in [-0.15, -0.1) is 0 Å². The van der Waals surface area contributed by atoms with Gasteiger partial charge in [0.1, 0.15) is 0 Å². The highest BCUT2D eigenvalue weighted by atomic mass is 16.3. The van der Waals surface area contributed by atoms with Crippen molar-refractivity contribution in [3.8, 4) is 0 Å². The van der Waals surface area contributed by atoms with Crippen molar-refractivity contribution >= 4 is 0 Å². The van der Waals surface area contributed by atoms with Crippen molar-refractivity contribution in [2.75, 3.05) is 20.2 Å². The largest absolute Gasteiger partial charge is 0.395 e. The van der Waals surface area contributed by atoms with Crippen LogP contribution in [-0.2, 0) is 13.1 Å². The van der Waals surface area contributed by atoms with Gasteiger partial charge in [-0.1, -0.05) is 6.92 Å². The minimum Gasteiger partial charge on any atom is -0.395 e. The summed E-state index contributed by atoms with van der Waals surface area (Å²) in [6.45, 7) is 4.88. The summed E-state index contributed by atoms with van der Waals surface area (Å²) < 4.78 is 1.96. The third-order valence-electron chi connectivity index (χ3n) is 2.07. The number of aliphatic hydroxyl groups is 1. The zero-order valence-corrected chi connectivity index (χ0v) is 8.98. The van der Waals surface area contributed by atoms with Gasteiger partial charge in [-0.3, -0.25) is 9.58 Å². The van der Waals surface area contributed by atoms with Gasteiger partial charge in [0.15, 0.2) is 0 Å². The average Bonchev–Trinajstić information content (AvgIpc) is 2.53. The molecule has 0 aliphatic rings. The van der Waals surface area contributed by atoms with E-state index >= 15 is 0 Å². The molecule has 80 valence electrons. The van der Waals surface area contributed by atoms with Crippen LogP contribution in [0.2, 0.25) is 0 Å². The first-order valence-corrected chi connectivity index (χ1v) is 5.07. The topological polar surface area (TPSA) is 41.3 Å². The molecule has 0 saturated heterocycles. The third kappa shape index (κ3) is 3.47. The molecule has 1 aromatic heterocycles. The summed E-state index contributed by atoms with van der Waals surface area (Å²) in [5, 5.41) is 13.0. The van der Waals surface area contributed by atoms with Gasteiger partial charge in [-0.05, 0) is 13.5 Å². The fourth-order valence-corrected chi connectivity index (χ4v) is 1.40. The third-order valence-corrected chi connectivity index (χ3v) is 2.07. The Morgan fingerprint density at radius 1 is 1.57 bits per heavy atom. The molecule has 0 fully saturated rings. The maximum atomic E-state index is 8.74. The molecule has 0 spiro atoms. The second kappa shape index (κ2) is 5.78. The van der Waals surface area contributed by atoms with E-state index in [0.29, 0.717) is 6.54 Å². The Kier molecular flexibility index (Phi) is 4.62. The lowest BCUT2D eigenvalue weighted by atomic mass is 10.3. The fraction of sp³-hybridized carbons (Fsp3) is 0.700. The molecule has 4 nitrogen and oxygen atoms in total. The van der Waals surface area contributed by atoms with E-state index in [1.165, 1.54) is 5.56 Å². The molecule has 1 heterocycles. The van der Waals surface area contributed by atoms with E-state index in [-0.39, 0.29) is 6.61 Å². The van der Waals surface area contributed by atoms with E-state index in [2.05, 4.69) is 23.1 Å². The molecule has 0 saturated carbocycles. The highest BCUT2D eigenvalue weighted by molar-refractivity contribution is 5.03. The molecule has 1 rings (SSSR count). The molecule has 0 atom stereocenters. The standard InChI is InChI=1S/C10H19N3O/c1-3-4-13-9-10(7-11-13)8-12(2)5-6-14/h7,9,14H,3-6,8H2,1-2H3. The van der Waals surface area contributed by atoms with Crippen LogP contribution in [0.4, 0.5) is 0 Å². The van der Waals surface area contributed by atoms with Gasteiger partial charge in [0.05, 0.1) is 12.8 Å². The fourth-order valence-electron chi connectivity index (χ4n) is 1.40. The molecule has 1 aromatic rings. The van der Waals surface area contributed by atoms with E-state index in [4.69, 9.17) is 5.11 Å². The second-order valence-corrected chi connectivity index (χ2v) is 3.57. The highest BCUT2D eigenvalue weighted by Gasteiger charge is 2.01. The number of aryl methyl sites for hydroxylation is 1. The summed E-state index contributed by atoms with van der Waals surface area (Å²) in [7, 11) is 1.99. The van der Waals surface area contributed by atoms with E-state index < -0.39 is 0 Å². The average molecular weight is 197 g/mol. The lowest BCUT2D eigenvalue weighted by molar-refractivity contribution is 0.217. The maximum Gasteiger partial charge on any atom is 0.0558 e. The number of rotatable bonds is 6. The number of aromatic nitrogens is 2. The van der Waals surface area contributed by atoms with Crippen LogP contribution in [0, 0.1) is 0 Å². The van der Waals surface area contributed by atoms with Gasteiger partial charge in [0.2, 0.25) is 0 Å². The van der Waals surface area contributed by atoms with Crippen molar-refractivity contribution in [1.29, 1.82) is 0 Å². The predicted octanol–water partition coefficient (Wildman–Crippen LogP) is 0.717. The molecule has 0 radical (unpaired) electrons. The van der Waals surface area contributed by atoms with Crippen molar-refractivity contribution in [3.05, 3.63) is 18.0 Å². The Morgan fingerprint density at radius 3 is 3.00 bits per heavy atom. The van der Waals surface area contributed by atoms with Gasteiger partial charge < -0.3 is 5.11 Å². The van der Waals surface area contributed by atoms with E-state index in [1.807, 2.05) is 17.9 Å². The number of hydrogen-bond acceptors (Lipinski definition) is 3. The number of likely N-dealkylation sites (N-methyl/N-ethyl adjacent to an activating group) is 1. The molecule has 0 unspecified atom stereocenters. The van der Waals surface area contributed by atoms with Crippen LogP contribution < -0.4 is 0 Å². The molecule has 4 heteroatoms. The quantitative estimate of drug-likeness (QED) is 0.730. The zero-order valence-electron chi connectivity index (χ0n) is 8.98. The summed E-state index contributed by atoms with van der Waals surface area (Å²) in [6, 6.07) is 0. The molecule has 14 heavy (non-hydrogen) atoms. The summed E-state index contributed by atoms with van der Waals surface area (Å²) >= 11 is 0. The van der Waals surface area contributed by atoms with E-state index in [0.717, 1.165) is 19.5 Å². The van der Waals surface area contributed by atoms with Gasteiger partial charge in [0.25, 0.3) is 0 Å². The molecule has 0 amide bonds. The highest BCUT2D eigenvalue weighted by Crippen LogP contribution is 2.02. The molecule has 0 aliphatic carbocycles. The van der Waals surface area contributed by atoms with Gasteiger partial charge in [-0.2, -0.15) is 5.10 Å². The summed E-state index contributed by atoms with van der Waals surface area (Å²) in [5.41, 5.74) is 1.20. The minimum atomic E-state index is 0.208. The molecule has 0 aliphatic heterocycles. The zero-order chi connectivity index (χ0) is 10.4. The van der Waals surface area contributed by atoms with E-state index in [1.54, 1.807) is 0 Å². The van der Waals surface area contributed by atoms with Crippen molar-refractivity contribution in [1.82, 2.24) is 14.7 Å². The molecule has 0 aromatic carbocycles. The van der Waals surface area contributed by atoms with Crippen molar-refractivity contribution in [2.45, 2.75) is 26.4 Å². The lowest BCUT2D eigenvalue weighted by Gasteiger charge is -2.12. The Bertz CT molecular complexity index is 260. The second-order valence-electron chi connectivity index (χ2n) is 3.57. The van der Waals surface area contributed by atoms with E-state index in [9.17, 15) is 0 Å². The lowest BCUT2D eigenvalue weighted by Crippen LogP contribution is -2.21. The Morgan fingerprint density at radius 2 is 2.36 bits per heavy atom.